The molecule has 0 spiro atoms. The third-order valence-corrected chi connectivity index (χ3v) is 0. The minimum absolute atomic E-state index is 0. The molecule has 24 heavy (non-hydrogen) atoms. The second-order valence-corrected chi connectivity index (χ2v) is 2.45. The van der Waals surface area contributed by atoms with Crippen molar-refractivity contribution >= 4 is 38.2 Å². The molecule has 0 aliphatic heterocycles. The van der Waals surface area contributed by atoms with E-state index >= 15 is 0 Å². The Kier molecular flexibility index (Phi) is 505. The van der Waals surface area contributed by atoms with E-state index in [0.717, 1.165) is 0 Å². The molecule has 0 bridgehead atoms. The first-order chi connectivity index (χ1) is 4.00. The molecule has 0 aliphatic carbocycles. The van der Waals surface area contributed by atoms with Crippen LogP contribution in [0.2, 0.25) is 0 Å². The summed E-state index contributed by atoms with van der Waals surface area (Å²) in [4.78, 5) is 0. The molecular weight excluding hydrogens is 544 g/mol. The maximum Gasteiger partial charge on any atom is 3.00 e. The minimum Gasteiger partial charge on any atom is -2.00 e. The Morgan fingerprint density at radius 2 is 0.458 bits per heavy atom. The Bertz CT molecular complexity index is 251. The summed E-state index contributed by atoms with van der Waals surface area (Å²) < 4.78 is 68.2. The van der Waals surface area contributed by atoms with Gasteiger partial charge >= 0.3 is 103 Å². The predicted molar refractivity (Wildman–Crippen MR) is 65.8 cm³/mol. The van der Waals surface area contributed by atoms with Gasteiger partial charge in [0.25, 0.3) is 0 Å². The zero-order valence-electron chi connectivity index (χ0n) is 23.1. The van der Waals surface area contributed by atoms with Crippen molar-refractivity contribution in [1.29, 1.82) is 0 Å². The third-order valence-electron chi connectivity index (χ3n) is 0. The number of hydrogen-bond acceptors (Lipinski definition) is 8. The van der Waals surface area contributed by atoms with Crippen LogP contribution in [0, 0.1) is 0 Å². The van der Waals surface area contributed by atoms with Crippen LogP contribution < -0.4 is 68.9 Å². The van der Waals surface area contributed by atoms with Crippen LogP contribution in [0.5, 0.6) is 0 Å². The summed E-state index contributed by atoms with van der Waals surface area (Å²) in [6, 6.07) is 0. The summed E-state index contributed by atoms with van der Waals surface area (Å²) in [5, 5.41) is 0. The van der Waals surface area contributed by atoms with Gasteiger partial charge < -0.3 is 83.9 Å². The molecule has 0 rings (SSSR count). The van der Waals surface area contributed by atoms with Gasteiger partial charge in [0.05, 0.1) is 0 Å². The zero-order valence-corrected chi connectivity index (χ0v) is 20.2. The van der Waals surface area contributed by atoms with Gasteiger partial charge in [0.1, 0.15) is 0 Å². The Balaban J connectivity index is -0.000000000794. The molecule has 0 radical (unpaired) electrons. The molecule has 0 fully saturated rings. The van der Waals surface area contributed by atoms with Gasteiger partial charge in [-0.3, -0.25) is 16.8 Å². The van der Waals surface area contributed by atoms with Gasteiger partial charge in [-0.2, -0.15) is 0 Å². The van der Waals surface area contributed by atoms with Gasteiger partial charge in [0, 0.05) is 20.8 Å². The number of rotatable bonds is 0. The Morgan fingerprint density at radius 3 is 0.458 bits per heavy atom. The molecule has 20 nitrogen and oxygen atoms in total. The summed E-state index contributed by atoms with van der Waals surface area (Å²) in [5.74, 6) is 0. The largest absolute Gasteiger partial charge is 3.00 e. The summed E-state index contributed by atoms with van der Waals surface area (Å²) in [7, 11) is -10.3. The van der Waals surface area contributed by atoms with Crippen LogP contribution in [0.1, 0.15) is 17.1 Å². The predicted octanol–water partition coefficient (Wildman–Crippen LogP) is -10.4. The van der Waals surface area contributed by atoms with Crippen molar-refractivity contribution in [3.63, 3.8) is 0 Å². The molecule has 0 aromatic carbocycles. The molecule has 0 aromatic rings. The van der Waals surface area contributed by atoms with E-state index in [1.165, 1.54) is 0 Å². The third kappa shape index (κ3) is 3660. The van der Waals surface area contributed by atoms with E-state index in [4.69, 9.17) is 35.0 Å². The molecule has 12 N–H and O–H groups in total. The zero-order chi connectivity index (χ0) is 9.00. The molecule has 0 atom stereocenters. The maximum atomic E-state index is 8.52. The molecule has 0 amide bonds. The Labute approximate surface area is 222 Å². The van der Waals surface area contributed by atoms with Crippen LogP contribution in [0.3, 0.4) is 0 Å². The fourth-order valence-corrected chi connectivity index (χ4v) is 0. The molecule has 0 aliphatic rings. The molecule has 0 heterocycles. The normalized spacial score (nSPS) is 4.83. The second kappa shape index (κ2) is 73.7. The molecule has 24 heteroatoms. The van der Waals surface area contributed by atoms with Crippen molar-refractivity contribution in [2.24, 2.45) is 0 Å². The monoisotopic (exact) mass is 568 g/mol. The molecule has 160 valence electrons. The molecule has 0 saturated carbocycles. The van der Waals surface area contributed by atoms with Crippen LogP contribution in [-0.4, -0.2) is 85.3 Å². The number of hydrogen-bond donors (Lipinski definition) is 0. The summed E-state index contributed by atoms with van der Waals surface area (Å²) in [5.41, 5.74) is 0. The SMILES string of the molecule is O.O.O.O.O.O.O=S(=O)([O-])[O-].O=S(=O)([O-])[O-].[Al+3].[Cs+].[H+].[H+].[H+].[H+].[H+].[H+].[H+].[H+].[H+].[H+].[H+].[H+].[O-2].[O-2].[O-2].[O-2].[O-2].[O-2]. The standard InChI is InChI=1S/Al.Cs.2H2O4S.6H2O.6O/c;;2*1-5(2,3)4;;;;;;;;;;;;/h;;2*(H2,1,2,3,4);6*1H2;;;;;;/q+3;+1;;;;;;;;;6*-2/p+8. The average molecular weight is 568 g/mol. The van der Waals surface area contributed by atoms with Gasteiger partial charge in [0.2, 0.25) is 0 Å². The van der Waals surface area contributed by atoms with E-state index in [9.17, 15) is 0 Å². The molecule has 0 aromatic heterocycles. The Morgan fingerprint density at radius 1 is 0.458 bits per heavy atom. The maximum absolute atomic E-state index is 8.52. The van der Waals surface area contributed by atoms with Gasteiger partial charge in [-0.05, 0) is 0 Å². The van der Waals surface area contributed by atoms with Crippen LogP contribution in [0.25, 0.3) is 0 Å². The van der Waals surface area contributed by atoms with Gasteiger partial charge in [-0.1, -0.05) is 0 Å². The van der Waals surface area contributed by atoms with E-state index < -0.39 is 20.8 Å². The van der Waals surface area contributed by atoms with Crippen molar-refractivity contribution in [3.8, 4) is 0 Å². The van der Waals surface area contributed by atoms with Crippen LogP contribution in [0.15, 0.2) is 0 Å². The quantitative estimate of drug-likeness (QED) is 0.153. The summed E-state index contributed by atoms with van der Waals surface area (Å²) in [6.07, 6.45) is 0. The van der Waals surface area contributed by atoms with Crippen molar-refractivity contribution < 1.29 is 187 Å². The summed E-state index contributed by atoms with van der Waals surface area (Å²) in [6.45, 7) is 0. The van der Waals surface area contributed by atoms with Crippen molar-refractivity contribution in [2.45, 2.75) is 0 Å². The molecule has 0 unspecified atom stereocenters. The second-order valence-electron chi connectivity index (χ2n) is 0.816. The van der Waals surface area contributed by atoms with Gasteiger partial charge in [-0.25, -0.2) is 0 Å². The fraction of sp³-hybridized carbons (Fsp3) is 0. The first-order valence-corrected chi connectivity index (χ1v) is 4.00. The van der Waals surface area contributed by atoms with Gasteiger partial charge in [0.15, 0.2) is 0 Å². The first-order valence-electron chi connectivity index (χ1n) is 1.33. The van der Waals surface area contributed by atoms with Crippen LogP contribution >= 0.6 is 0 Å². The van der Waals surface area contributed by atoms with E-state index in [1.807, 2.05) is 0 Å². The van der Waals surface area contributed by atoms with Crippen molar-refractivity contribution in [3.05, 3.63) is 0 Å². The van der Waals surface area contributed by atoms with E-state index in [1.54, 1.807) is 0 Å². The average Bonchev–Trinajstić information content (AvgIpc) is 1.12. The smallest absolute Gasteiger partial charge is 2.00 e. The van der Waals surface area contributed by atoms with Crippen LogP contribution in [-0.2, 0) is 53.7 Å². The van der Waals surface area contributed by atoms with E-state index in [0.29, 0.717) is 0 Å². The minimum atomic E-state index is -5.17. The van der Waals surface area contributed by atoms with Crippen molar-refractivity contribution in [2.75, 3.05) is 0 Å². The first kappa shape index (κ1) is 165. The topological polar surface area (TPSA) is 521 Å². The van der Waals surface area contributed by atoms with E-state index in [2.05, 4.69) is 0 Å². The van der Waals surface area contributed by atoms with Crippen LogP contribution in [0.4, 0.5) is 0 Å². The summed E-state index contributed by atoms with van der Waals surface area (Å²) >= 11 is 0. The van der Waals surface area contributed by atoms with E-state index in [-0.39, 0.29) is 169 Å². The molecular formula is H24AlCsO20S2. The Hall–Kier alpha value is 1.84. The van der Waals surface area contributed by atoms with Crippen molar-refractivity contribution in [1.82, 2.24) is 0 Å². The fourth-order valence-electron chi connectivity index (χ4n) is 0. The molecule has 0 saturated heterocycles. The van der Waals surface area contributed by atoms with Gasteiger partial charge in [-0.15, -0.1) is 0 Å².